The third-order valence-electron chi connectivity index (χ3n) is 3.26. The van der Waals surface area contributed by atoms with Crippen LogP contribution in [0.15, 0.2) is 12.1 Å². The van der Waals surface area contributed by atoms with E-state index < -0.39 is 18.0 Å². The minimum Gasteiger partial charge on any atom is -0.480 e. The zero-order chi connectivity index (χ0) is 15.0. The van der Waals surface area contributed by atoms with E-state index in [0.29, 0.717) is 21.7 Å². The number of fused-ring (bicyclic) bond motifs is 1. The number of anilines is 1. The summed E-state index contributed by atoms with van der Waals surface area (Å²) in [6, 6.07) is 1.82. The highest BCUT2D eigenvalue weighted by Crippen LogP contribution is 2.33. The summed E-state index contributed by atoms with van der Waals surface area (Å²) in [5.41, 5.74) is 1.44. The van der Waals surface area contributed by atoms with E-state index in [2.05, 4.69) is 19.4 Å². The van der Waals surface area contributed by atoms with Gasteiger partial charge in [-0.15, -0.1) is 0 Å². The normalized spacial score (nSPS) is 15.7. The molecule has 110 valence electrons. The second-order valence-electron chi connectivity index (χ2n) is 4.81. The Morgan fingerprint density at radius 3 is 2.81 bits per heavy atom. The quantitative estimate of drug-likeness (QED) is 0.800. The number of hydrogen-bond donors (Lipinski definition) is 3. The van der Waals surface area contributed by atoms with Crippen molar-refractivity contribution >= 4 is 52.1 Å². The van der Waals surface area contributed by atoms with Crippen molar-refractivity contribution in [2.45, 2.75) is 18.9 Å². The summed E-state index contributed by atoms with van der Waals surface area (Å²) in [4.78, 5) is 23.1. The van der Waals surface area contributed by atoms with Gasteiger partial charge in [-0.25, -0.2) is 9.59 Å². The minimum absolute atomic E-state index is 0.000420. The van der Waals surface area contributed by atoms with Crippen LogP contribution < -0.4 is 10.6 Å². The van der Waals surface area contributed by atoms with Crippen molar-refractivity contribution in [1.29, 1.82) is 0 Å². The average molecular weight is 327 g/mol. The van der Waals surface area contributed by atoms with Gasteiger partial charge in [0.1, 0.15) is 17.1 Å². The molecule has 1 atom stereocenters. The number of carbonyl (C=O) groups excluding carboxylic acids is 1. The van der Waals surface area contributed by atoms with Crippen LogP contribution in [0.2, 0.25) is 5.02 Å². The summed E-state index contributed by atoms with van der Waals surface area (Å²) in [6.45, 7) is 0. The fourth-order valence-corrected chi connectivity index (χ4v) is 2.79. The molecule has 1 saturated carbocycles. The van der Waals surface area contributed by atoms with E-state index in [1.54, 1.807) is 12.1 Å². The van der Waals surface area contributed by atoms with Gasteiger partial charge in [0, 0.05) is 0 Å². The van der Waals surface area contributed by atoms with Gasteiger partial charge in [-0.05, 0) is 30.9 Å². The van der Waals surface area contributed by atoms with E-state index in [-0.39, 0.29) is 5.92 Å². The number of amides is 2. The number of nitrogens with one attached hydrogen (secondary N) is 2. The maximum atomic E-state index is 12.0. The second-order valence-corrected chi connectivity index (χ2v) is 5.74. The first-order valence-corrected chi connectivity index (χ1v) is 7.38. The van der Waals surface area contributed by atoms with Crippen LogP contribution in [0.4, 0.5) is 10.5 Å². The Balaban J connectivity index is 1.78. The van der Waals surface area contributed by atoms with Gasteiger partial charge < -0.3 is 15.7 Å². The summed E-state index contributed by atoms with van der Waals surface area (Å²) in [5.74, 6) is -1.03. The number of nitrogens with zero attached hydrogens (tertiary/aromatic N) is 2. The van der Waals surface area contributed by atoms with Crippen LogP contribution in [0.25, 0.3) is 11.0 Å². The molecule has 2 aromatic rings. The van der Waals surface area contributed by atoms with Crippen LogP contribution in [0.3, 0.4) is 0 Å². The molecule has 9 heteroatoms. The van der Waals surface area contributed by atoms with Crippen LogP contribution in [-0.4, -0.2) is 31.9 Å². The molecular weight excluding hydrogens is 316 g/mol. The van der Waals surface area contributed by atoms with Gasteiger partial charge in [-0.2, -0.15) is 8.75 Å². The number of hydrogen-bond acceptors (Lipinski definition) is 5. The summed E-state index contributed by atoms with van der Waals surface area (Å²) < 4.78 is 8.14. The minimum atomic E-state index is -1.03. The highest BCUT2D eigenvalue weighted by molar-refractivity contribution is 7.00. The highest BCUT2D eigenvalue weighted by Gasteiger charge is 2.37. The number of carboxylic acid groups (broad SMARTS) is 1. The van der Waals surface area contributed by atoms with Crippen molar-refractivity contribution < 1.29 is 14.7 Å². The molecule has 1 aliphatic rings. The maximum absolute atomic E-state index is 12.0. The molecule has 0 bridgehead atoms. The molecule has 2 amide bonds. The number of aromatic nitrogens is 2. The van der Waals surface area contributed by atoms with E-state index in [4.69, 9.17) is 16.7 Å². The largest absolute Gasteiger partial charge is 0.480 e. The number of aliphatic carboxylic acids is 1. The van der Waals surface area contributed by atoms with Gasteiger partial charge in [0.2, 0.25) is 0 Å². The van der Waals surface area contributed by atoms with Crippen LogP contribution in [0.1, 0.15) is 12.8 Å². The Kier molecular flexibility index (Phi) is 3.64. The van der Waals surface area contributed by atoms with Crippen LogP contribution in [-0.2, 0) is 4.79 Å². The van der Waals surface area contributed by atoms with Crippen molar-refractivity contribution in [1.82, 2.24) is 14.1 Å². The first-order chi connectivity index (χ1) is 10.1. The smallest absolute Gasteiger partial charge is 0.326 e. The lowest BCUT2D eigenvalue weighted by molar-refractivity contribution is -0.139. The Bertz CT molecular complexity index is 716. The first-order valence-electron chi connectivity index (χ1n) is 6.27. The van der Waals surface area contributed by atoms with E-state index >= 15 is 0 Å². The summed E-state index contributed by atoms with van der Waals surface area (Å²) in [6.07, 6.45) is 1.62. The lowest BCUT2D eigenvalue weighted by atomic mass is 10.2. The lowest BCUT2D eigenvalue weighted by Crippen LogP contribution is -2.44. The van der Waals surface area contributed by atoms with Gasteiger partial charge in [-0.1, -0.05) is 11.6 Å². The number of carboxylic acids is 1. The fourth-order valence-electron chi connectivity index (χ4n) is 2.05. The molecule has 3 N–H and O–H groups in total. The van der Waals surface area contributed by atoms with Gasteiger partial charge in [0.15, 0.2) is 0 Å². The van der Waals surface area contributed by atoms with Gasteiger partial charge in [0.25, 0.3) is 0 Å². The Labute approximate surface area is 128 Å². The first kappa shape index (κ1) is 14.0. The van der Waals surface area contributed by atoms with Crippen molar-refractivity contribution in [3.8, 4) is 0 Å². The van der Waals surface area contributed by atoms with E-state index in [9.17, 15) is 9.59 Å². The Morgan fingerprint density at radius 1 is 1.38 bits per heavy atom. The van der Waals surface area contributed by atoms with Gasteiger partial charge in [0.05, 0.1) is 22.4 Å². The number of halogens is 1. The number of urea groups is 1. The van der Waals surface area contributed by atoms with Gasteiger partial charge >= 0.3 is 12.0 Å². The molecule has 1 aliphatic carbocycles. The Morgan fingerprint density at radius 2 is 2.14 bits per heavy atom. The van der Waals surface area contributed by atoms with E-state index in [1.807, 2.05) is 0 Å². The molecule has 7 nitrogen and oxygen atoms in total. The molecule has 1 unspecified atom stereocenters. The molecule has 0 saturated heterocycles. The molecule has 0 aliphatic heterocycles. The van der Waals surface area contributed by atoms with Gasteiger partial charge in [-0.3, -0.25) is 0 Å². The highest BCUT2D eigenvalue weighted by atomic mass is 35.5. The zero-order valence-electron chi connectivity index (χ0n) is 10.7. The number of benzene rings is 1. The molecular formula is C12H11ClN4O3S. The molecule has 0 spiro atoms. The van der Waals surface area contributed by atoms with Crippen molar-refractivity contribution in [2.75, 3.05) is 5.32 Å². The Hall–Kier alpha value is -1.93. The standard InChI is InChI=1S/C12H11ClN4O3S/c13-6-3-4-7-10(17-21-16-7)9(6)15-12(20)14-8(11(18)19)5-1-2-5/h3-5,8H,1-2H2,(H,18,19)(H2,14,15,20). The maximum Gasteiger partial charge on any atom is 0.326 e. The number of rotatable bonds is 4. The monoisotopic (exact) mass is 326 g/mol. The van der Waals surface area contributed by atoms with Crippen molar-refractivity contribution in [3.05, 3.63) is 17.2 Å². The fraction of sp³-hybridized carbons (Fsp3) is 0.333. The van der Waals surface area contributed by atoms with Crippen LogP contribution in [0.5, 0.6) is 0 Å². The predicted octanol–water partition coefficient (Wildman–Crippen LogP) is 2.33. The molecule has 1 aromatic carbocycles. The molecule has 1 fully saturated rings. The molecule has 1 heterocycles. The average Bonchev–Trinajstić information content (AvgIpc) is 3.16. The molecule has 21 heavy (non-hydrogen) atoms. The lowest BCUT2D eigenvalue weighted by Gasteiger charge is -2.15. The number of carbonyl (C=O) groups is 2. The van der Waals surface area contributed by atoms with Crippen LogP contribution >= 0.6 is 23.3 Å². The summed E-state index contributed by atoms with van der Waals surface area (Å²) in [5, 5.41) is 14.4. The third kappa shape index (κ3) is 2.91. The van der Waals surface area contributed by atoms with E-state index in [0.717, 1.165) is 24.6 Å². The van der Waals surface area contributed by atoms with Crippen molar-refractivity contribution in [3.63, 3.8) is 0 Å². The van der Waals surface area contributed by atoms with E-state index in [1.165, 1.54) is 0 Å². The molecule has 1 aromatic heterocycles. The summed E-state index contributed by atoms with van der Waals surface area (Å²) >= 11 is 7.07. The molecule has 3 rings (SSSR count). The second kappa shape index (κ2) is 5.45. The topological polar surface area (TPSA) is 104 Å². The zero-order valence-corrected chi connectivity index (χ0v) is 12.2. The SMILES string of the molecule is O=C(Nc1c(Cl)ccc2nsnc12)NC(C(=O)O)C1CC1. The predicted molar refractivity (Wildman–Crippen MR) is 78.7 cm³/mol. The van der Waals surface area contributed by atoms with Crippen LogP contribution in [0, 0.1) is 5.92 Å². The third-order valence-corrected chi connectivity index (χ3v) is 4.12. The van der Waals surface area contributed by atoms with Crippen molar-refractivity contribution in [2.24, 2.45) is 5.92 Å². The summed E-state index contributed by atoms with van der Waals surface area (Å²) in [7, 11) is 0. The molecule has 0 radical (unpaired) electrons.